The van der Waals surface area contributed by atoms with Crippen molar-refractivity contribution in [2.24, 2.45) is 0 Å². The molecular formula is C12H18F2N2O2. The van der Waals surface area contributed by atoms with E-state index in [1.54, 1.807) is 24.3 Å². The Morgan fingerprint density at radius 1 is 1.33 bits per heavy atom. The van der Waals surface area contributed by atoms with Gasteiger partial charge in [-0.15, -0.1) is 0 Å². The Morgan fingerprint density at radius 3 is 2.72 bits per heavy atom. The number of nitrogen functional groups attached to an aromatic ring is 1. The van der Waals surface area contributed by atoms with Crippen molar-refractivity contribution in [3.05, 3.63) is 24.3 Å². The van der Waals surface area contributed by atoms with Crippen molar-refractivity contribution in [2.75, 3.05) is 38.6 Å². The number of anilines is 1. The van der Waals surface area contributed by atoms with Gasteiger partial charge in [0.05, 0.1) is 13.2 Å². The number of hydrogen-bond donors (Lipinski definition) is 2. The maximum Gasteiger partial charge on any atom is 0.251 e. The van der Waals surface area contributed by atoms with E-state index >= 15 is 0 Å². The van der Waals surface area contributed by atoms with Gasteiger partial charge in [-0.2, -0.15) is 0 Å². The van der Waals surface area contributed by atoms with Gasteiger partial charge in [0, 0.05) is 24.8 Å². The highest BCUT2D eigenvalue weighted by atomic mass is 19.3. The van der Waals surface area contributed by atoms with E-state index in [9.17, 15) is 8.78 Å². The molecule has 102 valence electrons. The second-order valence-corrected chi connectivity index (χ2v) is 3.84. The maximum atomic E-state index is 12.2. The molecule has 6 heteroatoms. The average Bonchev–Trinajstić information content (AvgIpc) is 2.28. The van der Waals surface area contributed by atoms with Crippen LogP contribution in [0, 0.1) is 0 Å². The van der Waals surface area contributed by atoms with Crippen molar-refractivity contribution >= 4 is 5.69 Å². The molecule has 0 atom stereocenters. The van der Waals surface area contributed by atoms with Gasteiger partial charge >= 0.3 is 0 Å². The third kappa shape index (κ3) is 5.79. The molecule has 18 heavy (non-hydrogen) atoms. The molecule has 0 heterocycles. The number of aliphatic hydroxyl groups excluding tert-OH is 1. The predicted molar refractivity (Wildman–Crippen MR) is 65.9 cm³/mol. The van der Waals surface area contributed by atoms with E-state index < -0.39 is 6.43 Å². The van der Waals surface area contributed by atoms with Crippen LogP contribution in [-0.2, 0) is 0 Å². The zero-order valence-corrected chi connectivity index (χ0v) is 10.1. The highest BCUT2D eigenvalue weighted by molar-refractivity contribution is 5.43. The Bertz CT molecular complexity index is 351. The van der Waals surface area contributed by atoms with Crippen molar-refractivity contribution in [1.82, 2.24) is 4.90 Å². The molecule has 0 radical (unpaired) electrons. The van der Waals surface area contributed by atoms with Gasteiger partial charge in [-0.25, -0.2) is 8.78 Å². The summed E-state index contributed by atoms with van der Waals surface area (Å²) in [5.41, 5.74) is 6.17. The van der Waals surface area contributed by atoms with E-state index in [4.69, 9.17) is 15.6 Å². The summed E-state index contributed by atoms with van der Waals surface area (Å²) in [6, 6.07) is 6.92. The topological polar surface area (TPSA) is 58.7 Å². The summed E-state index contributed by atoms with van der Waals surface area (Å²) in [6.45, 7) is 0.312. The Hall–Kier alpha value is -1.40. The molecule has 3 N–H and O–H groups in total. The first-order chi connectivity index (χ1) is 8.61. The van der Waals surface area contributed by atoms with Gasteiger partial charge in [-0.3, -0.25) is 4.90 Å². The highest BCUT2D eigenvalue weighted by Gasteiger charge is 2.11. The number of benzene rings is 1. The molecule has 1 aromatic rings. The second-order valence-electron chi connectivity index (χ2n) is 3.84. The van der Waals surface area contributed by atoms with Crippen molar-refractivity contribution in [2.45, 2.75) is 6.43 Å². The SMILES string of the molecule is Nc1cccc(OCCN(CCO)CC(F)F)c1. The van der Waals surface area contributed by atoms with Crippen LogP contribution in [-0.4, -0.2) is 49.3 Å². The summed E-state index contributed by atoms with van der Waals surface area (Å²) in [7, 11) is 0. The van der Waals surface area contributed by atoms with E-state index in [1.165, 1.54) is 4.90 Å². The molecule has 0 amide bonds. The lowest BCUT2D eigenvalue weighted by atomic mass is 10.3. The van der Waals surface area contributed by atoms with Crippen LogP contribution in [0.5, 0.6) is 5.75 Å². The van der Waals surface area contributed by atoms with E-state index in [2.05, 4.69) is 0 Å². The molecule has 0 spiro atoms. The molecule has 1 aromatic carbocycles. The molecule has 0 fully saturated rings. The van der Waals surface area contributed by atoms with Crippen LogP contribution in [0.2, 0.25) is 0 Å². The number of nitrogens with two attached hydrogens (primary N) is 1. The molecule has 0 bridgehead atoms. The van der Waals surface area contributed by atoms with E-state index in [0.717, 1.165) is 0 Å². The molecule has 0 aromatic heterocycles. The summed E-state index contributed by atoms with van der Waals surface area (Å²) in [5, 5.41) is 8.76. The van der Waals surface area contributed by atoms with Crippen molar-refractivity contribution < 1.29 is 18.6 Å². The number of aliphatic hydroxyl groups is 1. The van der Waals surface area contributed by atoms with Crippen LogP contribution in [0.3, 0.4) is 0 Å². The minimum Gasteiger partial charge on any atom is -0.492 e. The highest BCUT2D eigenvalue weighted by Crippen LogP contribution is 2.14. The minimum absolute atomic E-state index is 0.148. The lowest BCUT2D eigenvalue weighted by Gasteiger charge is -2.20. The molecule has 4 nitrogen and oxygen atoms in total. The lowest BCUT2D eigenvalue weighted by Crippen LogP contribution is -2.35. The average molecular weight is 260 g/mol. The fourth-order valence-corrected chi connectivity index (χ4v) is 1.53. The van der Waals surface area contributed by atoms with Gasteiger partial charge in [0.25, 0.3) is 6.43 Å². The first-order valence-electron chi connectivity index (χ1n) is 5.71. The van der Waals surface area contributed by atoms with E-state index in [1.807, 2.05) is 0 Å². The van der Waals surface area contributed by atoms with Gasteiger partial charge in [0.2, 0.25) is 0 Å². The first kappa shape index (κ1) is 14.7. The summed E-state index contributed by atoms with van der Waals surface area (Å²) >= 11 is 0. The number of hydrogen-bond acceptors (Lipinski definition) is 4. The number of ether oxygens (including phenoxy) is 1. The number of rotatable bonds is 8. The van der Waals surface area contributed by atoms with E-state index in [0.29, 0.717) is 18.0 Å². The van der Waals surface area contributed by atoms with E-state index in [-0.39, 0.29) is 26.3 Å². The zero-order chi connectivity index (χ0) is 13.4. The summed E-state index contributed by atoms with van der Waals surface area (Å²) < 4.78 is 29.9. The number of alkyl halides is 2. The van der Waals surface area contributed by atoms with Gasteiger partial charge in [-0.1, -0.05) is 6.07 Å². The van der Waals surface area contributed by atoms with Crippen LogP contribution in [0.25, 0.3) is 0 Å². The lowest BCUT2D eigenvalue weighted by molar-refractivity contribution is 0.0709. The third-order valence-electron chi connectivity index (χ3n) is 2.35. The predicted octanol–water partition coefficient (Wildman–Crippen LogP) is 1.21. The second kappa shape index (κ2) is 7.84. The molecule has 0 saturated carbocycles. The van der Waals surface area contributed by atoms with Crippen molar-refractivity contribution in [3.8, 4) is 5.75 Å². The fraction of sp³-hybridized carbons (Fsp3) is 0.500. The smallest absolute Gasteiger partial charge is 0.251 e. The molecule has 0 unspecified atom stereocenters. The van der Waals surface area contributed by atoms with Gasteiger partial charge in [0.1, 0.15) is 12.4 Å². The van der Waals surface area contributed by atoms with Gasteiger partial charge < -0.3 is 15.6 Å². The summed E-state index contributed by atoms with van der Waals surface area (Å²) in [5.74, 6) is 0.607. The molecule has 0 aliphatic carbocycles. The Morgan fingerprint density at radius 2 is 2.11 bits per heavy atom. The quantitative estimate of drug-likeness (QED) is 0.690. The minimum atomic E-state index is -2.41. The number of nitrogens with zero attached hydrogens (tertiary/aromatic N) is 1. The van der Waals surface area contributed by atoms with Crippen LogP contribution < -0.4 is 10.5 Å². The third-order valence-corrected chi connectivity index (χ3v) is 2.35. The summed E-state index contributed by atoms with van der Waals surface area (Å²) in [4.78, 5) is 1.46. The zero-order valence-electron chi connectivity index (χ0n) is 10.1. The molecule has 1 rings (SSSR count). The maximum absolute atomic E-state index is 12.2. The largest absolute Gasteiger partial charge is 0.492 e. The Balaban J connectivity index is 2.33. The Kier molecular flexibility index (Phi) is 6.38. The molecular weight excluding hydrogens is 242 g/mol. The monoisotopic (exact) mass is 260 g/mol. The fourth-order valence-electron chi connectivity index (χ4n) is 1.53. The normalized spacial score (nSPS) is 11.2. The van der Waals surface area contributed by atoms with Crippen LogP contribution >= 0.6 is 0 Å². The van der Waals surface area contributed by atoms with Crippen LogP contribution in [0.1, 0.15) is 0 Å². The van der Waals surface area contributed by atoms with Crippen LogP contribution in [0.4, 0.5) is 14.5 Å². The van der Waals surface area contributed by atoms with Gasteiger partial charge in [0.15, 0.2) is 0 Å². The van der Waals surface area contributed by atoms with Crippen molar-refractivity contribution in [1.29, 1.82) is 0 Å². The summed E-state index contributed by atoms with van der Waals surface area (Å²) in [6.07, 6.45) is -2.41. The van der Waals surface area contributed by atoms with Crippen LogP contribution in [0.15, 0.2) is 24.3 Å². The molecule has 0 aliphatic heterocycles. The molecule has 0 saturated heterocycles. The van der Waals surface area contributed by atoms with Crippen molar-refractivity contribution in [3.63, 3.8) is 0 Å². The first-order valence-corrected chi connectivity index (χ1v) is 5.71. The standard InChI is InChI=1S/C12H18F2N2O2/c13-12(14)9-16(4-6-17)5-7-18-11-3-1-2-10(15)8-11/h1-3,8,12,17H,4-7,9,15H2. The number of halogens is 2. The Labute approximate surface area is 105 Å². The molecule has 0 aliphatic rings. The van der Waals surface area contributed by atoms with Gasteiger partial charge in [-0.05, 0) is 12.1 Å².